The van der Waals surface area contributed by atoms with Gasteiger partial charge >= 0.3 is 5.97 Å². The lowest BCUT2D eigenvalue weighted by Crippen LogP contribution is -2.15. The minimum absolute atomic E-state index is 0.284. The third-order valence-corrected chi connectivity index (χ3v) is 7.11. The van der Waals surface area contributed by atoms with E-state index in [0.717, 1.165) is 57.9 Å². The fourth-order valence-corrected chi connectivity index (χ4v) is 5.37. The highest BCUT2D eigenvalue weighted by molar-refractivity contribution is 6.06. The molecule has 0 atom stereocenters. The molecule has 0 saturated heterocycles. The molecule has 0 fully saturated rings. The average molecular weight is 512 g/mol. The first-order valence-corrected chi connectivity index (χ1v) is 12.9. The van der Waals surface area contributed by atoms with Crippen molar-refractivity contribution in [1.82, 2.24) is 4.57 Å². The van der Waals surface area contributed by atoms with Crippen molar-refractivity contribution in [3.63, 3.8) is 0 Å². The summed E-state index contributed by atoms with van der Waals surface area (Å²) in [6, 6.07) is 20.1. The van der Waals surface area contributed by atoms with Crippen molar-refractivity contribution in [3.8, 4) is 39.6 Å². The van der Waals surface area contributed by atoms with Crippen molar-refractivity contribution >= 4 is 5.97 Å². The van der Waals surface area contributed by atoms with Gasteiger partial charge in [-0.15, -0.1) is 0 Å². The van der Waals surface area contributed by atoms with Crippen molar-refractivity contribution in [3.05, 3.63) is 88.6 Å². The van der Waals surface area contributed by atoms with Crippen LogP contribution < -0.4 is 14.2 Å². The molecule has 0 N–H and O–H groups in total. The summed E-state index contributed by atoms with van der Waals surface area (Å²) in [6.45, 7) is 7.41. The third-order valence-electron chi connectivity index (χ3n) is 7.11. The van der Waals surface area contributed by atoms with Gasteiger partial charge in [-0.1, -0.05) is 48.0 Å². The highest BCUT2D eigenvalue weighted by Gasteiger charge is 2.33. The smallest absolute Gasteiger partial charge is 0.340 e. The fraction of sp³-hybridized carbons (Fsp3) is 0.281. The summed E-state index contributed by atoms with van der Waals surface area (Å²) in [7, 11) is 3.26. The Morgan fingerprint density at radius 3 is 2.39 bits per heavy atom. The van der Waals surface area contributed by atoms with Crippen molar-refractivity contribution in [2.75, 3.05) is 20.8 Å². The maximum atomic E-state index is 13.6. The molecule has 38 heavy (non-hydrogen) atoms. The van der Waals surface area contributed by atoms with E-state index in [0.29, 0.717) is 23.7 Å². The molecule has 196 valence electrons. The molecule has 0 radical (unpaired) electrons. The number of aromatic nitrogens is 1. The number of para-hydroxylation sites is 1. The van der Waals surface area contributed by atoms with Gasteiger partial charge in [0.1, 0.15) is 12.4 Å². The Labute approximate surface area is 223 Å². The summed E-state index contributed by atoms with van der Waals surface area (Å²) >= 11 is 0. The van der Waals surface area contributed by atoms with Gasteiger partial charge < -0.3 is 23.5 Å². The van der Waals surface area contributed by atoms with Crippen molar-refractivity contribution < 1.29 is 23.7 Å². The minimum atomic E-state index is -0.351. The molecule has 1 aliphatic rings. The van der Waals surface area contributed by atoms with Crippen LogP contribution in [0.4, 0.5) is 0 Å². The van der Waals surface area contributed by atoms with Gasteiger partial charge in [0.25, 0.3) is 0 Å². The normalized spacial score (nSPS) is 11.9. The zero-order chi connectivity index (χ0) is 26.8. The Balaban J connectivity index is 1.69. The van der Waals surface area contributed by atoms with Crippen LogP contribution >= 0.6 is 0 Å². The quantitative estimate of drug-likeness (QED) is 0.244. The number of ether oxygens (including phenoxy) is 4. The van der Waals surface area contributed by atoms with E-state index in [2.05, 4.69) is 36.6 Å². The molecule has 6 nitrogen and oxygen atoms in total. The van der Waals surface area contributed by atoms with Gasteiger partial charge in [0.2, 0.25) is 0 Å². The number of rotatable bonds is 8. The maximum absolute atomic E-state index is 13.6. The van der Waals surface area contributed by atoms with E-state index in [1.54, 1.807) is 14.2 Å². The Morgan fingerprint density at radius 2 is 1.66 bits per heavy atom. The summed E-state index contributed by atoms with van der Waals surface area (Å²) in [6.07, 6.45) is 0.811. The van der Waals surface area contributed by atoms with E-state index in [9.17, 15) is 4.79 Å². The van der Waals surface area contributed by atoms with Crippen LogP contribution in [0.5, 0.6) is 17.2 Å². The molecule has 0 saturated carbocycles. The van der Waals surface area contributed by atoms with Gasteiger partial charge in [-0.05, 0) is 56.5 Å². The molecule has 2 heterocycles. The van der Waals surface area contributed by atoms with Crippen molar-refractivity contribution in [1.29, 1.82) is 0 Å². The number of nitrogens with zero attached hydrogens (tertiary/aromatic N) is 1. The second-order valence-corrected chi connectivity index (χ2v) is 9.44. The van der Waals surface area contributed by atoms with Gasteiger partial charge in [-0.2, -0.15) is 0 Å². The van der Waals surface area contributed by atoms with E-state index in [-0.39, 0.29) is 12.6 Å². The molecule has 5 rings (SSSR count). The molecule has 6 heteroatoms. The van der Waals surface area contributed by atoms with Gasteiger partial charge in [-0.25, -0.2) is 4.79 Å². The molecule has 1 aromatic heterocycles. The molecular weight excluding hydrogens is 478 g/mol. The summed E-state index contributed by atoms with van der Waals surface area (Å²) in [5.74, 6) is 1.67. The molecule has 0 amide bonds. The van der Waals surface area contributed by atoms with Gasteiger partial charge in [-0.3, -0.25) is 0 Å². The van der Waals surface area contributed by atoms with Crippen LogP contribution in [0.25, 0.3) is 22.4 Å². The van der Waals surface area contributed by atoms with E-state index in [4.69, 9.17) is 18.9 Å². The molecule has 3 aromatic carbocycles. The zero-order valence-electron chi connectivity index (χ0n) is 22.6. The van der Waals surface area contributed by atoms with E-state index in [1.165, 1.54) is 5.56 Å². The lowest BCUT2D eigenvalue weighted by molar-refractivity contribution is 0.0528. The van der Waals surface area contributed by atoms with Gasteiger partial charge in [0, 0.05) is 28.9 Å². The number of benzene rings is 3. The second-order valence-electron chi connectivity index (χ2n) is 9.44. The second kappa shape index (κ2) is 10.7. The monoisotopic (exact) mass is 511 g/mol. The van der Waals surface area contributed by atoms with E-state index >= 15 is 0 Å². The molecule has 0 unspecified atom stereocenters. The fourth-order valence-electron chi connectivity index (χ4n) is 5.37. The van der Waals surface area contributed by atoms with Crippen molar-refractivity contribution in [2.24, 2.45) is 0 Å². The number of hydrogen-bond donors (Lipinski definition) is 0. The number of hydrogen-bond acceptors (Lipinski definition) is 5. The molecule has 0 aliphatic carbocycles. The number of methoxy groups -OCH3 is 2. The highest BCUT2D eigenvalue weighted by atomic mass is 16.5. The van der Waals surface area contributed by atoms with Crippen LogP contribution in [0, 0.1) is 13.8 Å². The number of esters is 1. The first kappa shape index (κ1) is 25.5. The number of fused-ring (bicyclic) bond motifs is 3. The summed E-state index contributed by atoms with van der Waals surface area (Å²) < 4.78 is 25.4. The number of carbonyl (C=O) groups is 1. The Morgan fingerprint density at radius 1 is 0.895 bits per heavy atom. The predicted octanol–water partition coefficient (Wildman–Crippen LogP) is 6.77. The summed E-state index contributed by atoms with van der Waals surface area (Å²) in [5, 5.41) is 0. The van der Waals surface area contributed by atoms with Crippen LogP contribution in [-0.2, 0) is 24.3 Å². The summed E-state index contributed by atoms with van der Waals surface area (Å²) in [4.78, 5) is 13.6. The van der Waals surface area contributed by atoms with Crippen LogP contribution in [0.2, 0.25) is 0 Å². The third kappa shape index (κ3) is 4.51. The SMILES string of the molecule is CCOC(=O)c1c(-c2ccccc2OCc2cccc(C)c2)c(C)n2c1-c1cc(OC)c(OC)cc1CC2. The first-order valence-electron chi connectivity index (χ1n) is 12.9. The molecule has 4 aromatic rings. The Bertz CT molecular complexity index is 1500. The van der Waals surface area contributed by atoms with Crippen LogP contribution in [0.15, 0.2) is 60.7 Å². The minimum Gasteiger partial charge on any atom is -0.493 e. The molecule has 1 aliphatic heterocycles. The molecule has 0 bridgehead atoms. The topological polar surface area (TPSA) is 58.9 Å². The number of aryl methyl sites for hydroxylation is 2. The maximum Gasteiger partial charge on any atom is 0.340 e. The van der Waals surface area contributed by atoms with E-state index < -0.39 is 0 Å². The molecule has 0 spiro atoms. The zero-order valence-corrected chi connectivity index (χ0v) is 22.6. The van der Waals surface area contributed by atoms with Crippen LogP contribution in [-0.4, -0.2) is 31.4 Å². The standard InChI is InChI=1S/C32H33NO5/c1-6-37-32(34)30-29(24-12-7-8-13-26(24)38-19-22-11-9-10-20(2)16-22)21(3)33-15-14-23-17-27(35-4)28(36-5)18-25(23)31(30)33/h7-13,16-18H,6,14-15,19H2,1-5H3. The average Bonchev–Trinajstić information content (AvgIpc) is 3.23. The van der Waals surface area contributed by atoms with Crippen LogP contribution in [0.3, 0.4) is 0 Å². The first-order chi connectivity index (χ1) is 18.5. The van der Waals surface area contributed by atoms with Crippen LogP contribution in [0.1, 0.15) is 39.7 Å². The van der Waals surface area contributed by atoms with Gasteiger partial charge in [0.15, 0.2) is 11.5 Å². The number of carbonyl (C=O) groups excluding carboxylic acids is 1. The Kier molecular flexibility index (Phi) is 7.14. The lowest BCUT2D eigenvalue weighted by atomic mass is 9.93. The highest BCUT2D eigenvalue weighted by Crippen LogP contribution is 2.47. The molecular formula is C32H33NO5. The lowest BCUT2D eigenvalue weighted by Gasteiger charge is -2.23. The Hall–Kier alpha value is -4.19. The predicted molar refractivity (Wildman–Crippen MR) is 148 cm³/mol. The summed E-state index contributed by atoms with van der Waals surface area (Å²) in [5.41, 5.74) is 8.41. The van der Waals surface area contributed by atoms with E-state index in [1.807, 2.05) is 49.4 Å². The van der Waals surface area contributed by atoms with Crippen molar-refractivity contribution in [2.45, 2.75) is 40.3 Å². The largest absolute Gasteiger partial charge is 0.493 e. The van der Waals surface area contributed by atoms with Gasteiger partial charge in [0.05, 0.1) is 32.1 Å².